The fourth-order valence-corrected chi connectivity index (χ4v) is 1.78. The van der Waals surface area contributed by atoms with E-state index in [1.807, 2.05) is 49.4 Å². The van der Waals surface area contributed by atoms with Gasteiger partial charge >= 0.3 is 0 Å². The fraction of sp³-hybridized carbons (Fsp3) is 0.0625. The van der Waals surface area contributed by atoms with Crippen LogP contribution in [0.4, 0.5) is 0 Å². The van der Waals surface area contributed by atoms with Crippen molar-refractivity contribution < 1.29 is 4.79 Å². The van der Waals surface area contributed by atoms with E-state index in [4.69, 9.17) is 0 Å². The number of Topliss-reactive ketones (excluding diaryl/α,β-unsaturated/α-hetero) is 1. The highest BCUT2D eigenvalue weighted by molar-refractivity contribution is 9.10. The van der Waals surface area contributed by atoms with Crippen molar-refractivity contribution in [1.29, 1.82) is 0 Å². The van der Waals surface area contributed by atoms with Crippen LogP contribution >= 0.6 is 15.9 Å². The average Bonchev–Trinajstić information content (AvgIpc) is 2.38. The number of hydrogen-bond donors (Lipinski definition) is 0. The van der Waals surface area contributed by atoms with Crippen LogP contribution < -0.4 is 0 Å². The zero-order chi connectivity index (χ0) is 13.0. The van der Waals surface area contributed by atoms with Crippen LogP contribution in [0.5, 0.6) is 0 Å². The van der Waals surface area contributed by atoms with E-state index in [0.29, 0.717) is 5.56 Å². The van der Waals surface area contributed by atoms with Gasteiger partial charge in [-0.25, -0.2) is 0 Å². The normalized spacial score (nSPS) is 9.44. The number of rotatable bonds is 1. The summed E-state index contributed by atoms with van der Waals surface area (Å²) in [5.41, 5.74) is 2.53. The van der Waals surface area contributed by atoms with Crippen LogP contribution in [0.15, 0.2) is 53.0 Å². The topological polar surface area (TPSA) is 17.1 Å². The standard InChI is InChI=1S/C16H11BrO/c1-12-3-2-4-14(11-12)16(18)10-7-13-5-8-15(17)9-6-13/h2-6,8-9,11H,1H3. The molecule has 1 nitrogen and oxygen atoms in total. The molecule has 18 heavy (non-hydrogen) atoms. The number of hydrogen-bond acceptors (Lipinski definition) is 1. The molecule has 0 bridgehead atoms. The van der Waals surface area contributed by atoms with Gasteiger partial charge in [-0.1, -0.05) is 45.6 Å². The Hall–Kier alpha value is -1.85. The van der Waals surface area contributed by atoms with Crippen molar-refractivity contribution in [2.45, 2.75) is 6.92 Å². The van der Waals surface area contributed by atoms with E-state index in [9.17, 15) is 4.79 Å². The van der Waals surface area contributed by atoms with Crippen LogP contribution in [0.1, 0.15) is 21.5 Å². The van der Waals surface area contributed by atoms with Gasteiger partial charge in [-0.05, 0) is 43.2 Å². The third kappa shape index (κ3) is 3.32. The molecule has 0 aromatic heterocycles. The molecule has 0 atom stereocenters. The zero-order valence-corrected chi connectivity index (χ0v) is 11.5. The van der Waals surface area contributed by atoms with Crippen molar-refractivity contribution in [1.82, 2.24) is 0 Å². The quantitative estimate of drug-likeness (QED) is 0.575. The van der Waals surface area contributed by atoms with Gasteiger partial charge in [0.15, 0.2) is 0 Å². The molecule has 88 valence electrons. The summed E-state index contributed by atoms with van der Waals surface area (Å²) in [6.45, 7) is 1.96. The van der Waals surface area contributed by atoms with E-state index < -0.39 is 0 Å². The van der Waals surface area contributed by atoms with Gasteiger partial charge in [-0.3, -0.25) is 4.79 Å². The lowest BCUT2D eigenvalue weighted by Crippen LogP contribution is -1.95. The van der Waals surface area contributed by atoms with Gasteiger partial charge in [0.2, 0.25) is 5.78 Å². The van der Waals surface area contributed by atoms with Crippen molar-refractivity contribution in [2.24, 2.45) is 0 Å². The highest BCUT2D eigenvalue weighted by Gasteiger charge is 2.01. The molecule has 0 aliphatic rings. The first-order valence-corrected chi connectivity index (χ1v) is 6.33. The minimum atomic E-state index is -0.151. The summed E-state index contributed by atoms with van der Waals surface area (Å²) in [4.78, 5) is 11.9. The predicted molar refractivity (Wildman–Crippen MR) is 76.5 cm³/mol. The summed E-state index contributed by atoms with van der Waals surface area (Å²) in [5, 5.41) is 0. The third-order valence-electron chi connectivity index (χ3n) is 2.44. The van der Waals surface area contributed by atoms with Crippen LogP contribution in [-0.2, 0) is 0 Å². The molecule has 0 radical (unpaired) electrons. The average molecular weight is 299 g/mol. The van der Waals surface area contributed by atoms with Crippen LogP contribution in [0.2, 0.25) is 0 Å². The van der Waals surface area contributed by atoms with Gasteiger partial charge in [-0.2, -0.15) is 0 Å². The summed E-state index contributed by atoms with van der Waals surface area (Å²) in [7, 11) is 0. The molecule has 2 aromatic rings. The van der Waals surface area contributed by atoms with Crippen molar-refractivity contribution in [3.05, 3.63) is 69.7 Å². The maximum Gasteiger partial charge on any atom is 0.236 e. The number of aryl methyl sites for hydroxylation is 1. The first-order chi connectivity index (χ1) is 8.65. The summed E-state index contributed by atoms with van der Waals surface area (Å²) in [6.07, 6.45) is 0. The zero-order valence-electron chi connectivity index (χ0n) is 9.91. The Morgan fingerprint density at radius 1 is 1.11 bits per heavy atom. The molecular formula is C16H11BrO. The van der Waals surface area contributed by atoms with Gasteiger partial charge in [0, 0.05) is 15.6 Å². The largest absolute Gasteiger partial charge is 0.279 e. The van der Waals surface area contributed by atoms with E-state index in [-0.39, 0.29) is 5.78 Å². The molecule has 0 spiro atoms. The highest BCUT2D eigenvalue weighted by Crippen LogP contribution is 2.09. The van der Waals surface area contributed by atoms with Crippen molar-refractivity contribution in [3.8, 4) is 11.8 Å². The third-order valence-corrected chi connectivity index (χ3v) is 2.97. The lowest BCUT2D eigenvalue weighted by molar-refractivity contribution is 0.105. The maximum atomic E-state index is 11.9. The molecule has 0 amide bonds. The first-order valence-electron chi connectivity index (χ1n) is 5.54. The van der Waals surface area contributed by atoms with Crippen LogP contribution in [0.25, 0.3) is 0 Å². The molecule has 2 aromatic carbocycles. The van der Waals surface area contributed by atoms with Crippen LogP contribution in [0.3, 0.4) is 0 Å². The smallest absolute Gasteiger partial charge is 0.236 e. The van der Waals surface area contributed by atoms with Gasteiger partial charge in [0.25, 0.3) is 0 Å². The van der Waals surface area contributed by atoms with E-state index in [2.05, 4.69) is 27.8 Å². The number of benzene rings is 2. The second-order valence-corrected chi connectivity index (χ2v) is 4.87. The molecule has 0 heterocycles. The van der Waals surface area contributed by atoms with Gasteiger partial charge in [-0.15, -0.1) is 0 Å². The molecule has 0 N–H and O–H groups in total. The number of carbonyl (C=O) groups excluding carboxylic acids is 1. The van der Waals surface area contributed by atoms with Crippen LogP contribution in [0, 0.1) is 18.8 Å². The molecule has 2 rings (SSSR count). The van der Waals surface area contributed by atoms with Crippen molar-refractivity contribution in [3.63, 3.8) is 0 Å². The Bertz CT molecular complexity index is 630. The minimum Gasteiger partial charge on any atom is -0.279 e. The monoisotopic (exact) mass is 298 g/mol. The van der Waals surface area contributed by atoms with E-state index in [1.54, 1.807) is 6.07 Å². The highest BCUT2D eigenvalue weighted by atomic mass is 79.9. The maximum absolute atomic E-state index is 11.9. The Morgan fingerprint density at radius 3 is 2.50 bits per heavy atom. The second kappa shape index (κ2) is 5.66. The van der Waals surface area contributed by atoms with Gasteiger partial charge in [0.1, 0.15) is 0 Å². The molecule has 0 saturated heterocycles. The molecule has 0 fully saturated rings. The Kier molecular flexibility index (Phi) is 3.96. The fourth-order valence-electron chi connectivity index (χ4n) is 1.52. The Balaban J connectivity index is 2.20. The lowest BCUT2D eigenvalue weighted by atomic mass is 10.1. The molecule has 0 saturated carbocycles. The summed E-state index contributed by atoms with van der Waals surface area (Å²) in [6, 6.07) is 15.0. The Labute approximate surface area is 115 Å². The van der Waals surface area contributed by atoms with E-state index in [1.165, 1.54) is 0 Å². The summed E-state index contributed by atoms with van der Waals surface area (Å²) < 4.78 is 0.998. The SMILES string of the molecule is Cc1cccc(C(=O)C#Cc2ccc(Br)cc2)c1. The van der Waals surface area contributed by atoms with Gasteiger partial charge in [0.05, 0.1) is 0 Å². The van der Waals surface area contributed by atoms with E-state index in [0.717, 1.165) is 15.6 Å². The predicted octanol–water partition coefficient (Wildman–Crippen LogP) is 3.99. The van der Waals surface area contributed by atoms with Crippen molar-refractivity contribution in [2.75, 3.05) is 0 Å². The number of halogens is 1. The minimum absolute atomic E-state index is 0.151. The molecule has 0 aliphatic carbocycles. The summed E-state index contributed by atoms with van der Waals surface area (Å²) in [5.74, 6) is 5.38. The van der Waals surface area contributed by atoms with Gasteiger partial charge < -0.3 is 0 Å². The molecular weight excluding hydrogens is 288 g/mol. The summed E-state index contributed by atoms with van der Waals surface area (Å²) >= 11 is 3.36. The molecule has 0 unspecified atom stereocenters. The van der Waals surface area contributed by atoms with Crippen LogP contribution in [-0.4, -0.2) is 5.78 Å². The first kappa shape index (κ1) is 12.6. The lowest BCUT2D eigenvalue weighted by Gasteiger charge is -1.95. The van der Waals surface area contributed by atoms with E-state index >= 15 is 0 Å². The second-order valence-electron chi connectivity index (χ2n) is 3.96. The molecule has 0 aliphatic heterocycles. The Morgan fingerprint density at radius 2 is 1.83 bits per heavy atom. The number of ketones is 1. The number of carbonyl (C=O) groups is 1. The van der Waals surface area contributed by atoms with Crippen molar-refractivity contribution >= 4 is 21.7 Å². The molecule has 2 heteroatoms.